The van der Waals surface area contributed by atoms with E-state index in [1.807, 2.05) is 0 Å². The summed E-state index contributed by atoms with van der Waals surface area (Å²) in [5, 5.41) is 0. The van der Waals surface area contributed by atoms with Crippen LogP contribution < -0.4 is 16.6 Å². The highest BCUT2D eigenvalue weighted by atomic mass is 15.4. The summed E-state index contributed by atoms with van der Waals surface area (Å²) in [4.78, 5) is 0. The second-order valence-corrected chi connectivity index (χ2v) is 2.49. The molecule has 1 aliphatic rings. The van der Waals surface area contributed by atoms with Gasteiger partial charge in [-0.25, -0.2) is 0 Å². The Bertz CT molecular complexity index is 65.9. The number of hydrogen-bond acceptors (Lipinski definition) is 3. The maximum Gasteiger partial charge on any atom is 0.0225 e. The van der Waals surface area contributed by atoms with Gasteiger partial charge in [0.15, 0.2) is 0 Å². The normalized spacial score (nSPS) is 28.3. The summed E-state index contributed by atoms with van der Waals surface area (Å²) in [6.07, 6.45) is 3.63. The van der Waals surface area contributed by atoms with E-state index < -0.39 is 0 Å². The van der Waals surface area contributed by atoms with Crippen molar-refractivity contribution in [2.75, 3.05) is 13.1 Å². The van der Waals surface area contributed by atoms with Gasteiger partial charge < -0.3 is 5.73 Å². The molecule has 0 amide bonds. The van der Waals surface area contributed by atoms with Crippen molar-refractivity contribution in [2.45, 2.75) is 25.3 Å². The van der Waals surface area contributed by atoms with E-state index in [4.69, 9.17) is 5.73 Å². The van der Waals surface area contributed by atoms with Crippen molar-refractivity contribution in [3.63, 3.8) is 0 Å². The predicted molar refractivity (Wildman–Crippen MR) is 37.8 cm³/mol. The number of nitrogens with one attached hydrogen (secondary N) is 2. The van der Waals surface area contributed by atoms with Crippen LogP contribution in [0.25, 0.3) is 0 Å². The standard InChI is InChI=1S/C6H15N3/c7-4-3-6-2-1-5-8-9-6/h6,8-9H,1-5,7H2. The van der Waals surface area contributed by atoms with Crippen molar-refractivity contribution in [3.8, 4) is 0 Å². The lowest BCUT2D eigenvalue weighted by Gasteiger charge is -2.23. The summed E-state index contributed by atoms with van der Waals surface area (Å²) in [6.45, 7) is 1.89. The lowest BCUT2D eigenvalue weighted by Crippen LogP contribution is -2.46. The van der Waals surface area contributed by atoms with E-state index in [0.29, 0.717) is 6.04 Å². The Hall–Kier alpha value is -0.120. The number of nitrogens with two attached hydrogens (primary N) is 1. The van der Waals surface area contributed by atoms with Crippen LogP contribution in [0, 0.1) is 0 Å². The first kappa shape index (κ1) is 6.99. The Kier molecular flexibility index (Phi) is 2.97. The molecule has 3 heteroatoms. The molecule has 4 N–H and O–H groups in total. The van der Waals surface area contributed by atoms with Gasteiger partial charge in [0, 0.05) is 12.6 Å². The second-order valence-electron chi connectivity index (χ2n) is 2.49. The zero-order valence-corrected chi connectivity index (χ0v) is 5.69. The average Bonchev–Trinajstić information content (AvgIpc) is 1.91. The Morgan fingerprint density at radius 2 is 2.44 bits per heavy atom. The SMILES string of the molecule is NCCC1CCCNN1. The van der Waals surface area contributed by atoms with Crippen LogP contribution in [0.2, 0.25) is 0 Å². The minimum absolute atomic E-state index is 0.615. The average molecular weight is 129 g/mol. The zero-order valence-electron chi connectivity index (χ0n) is 5.69. The van der Waals surface area contributed by atoms with E-state index in [-0.39, 0.29) is 0 Å². The van der Waals surface area contributed by atoms with Crippen molar-refractivity contribution in [1.82, 2.24) is 10.9 Å². The van der Waals surface area contributed by atoms with E-state index in [1.54, 1.807) is 0 Å². The fraction of sp³-hybridized carbons (Fsp3) is 1.00. The molecular formula is C6H15N3. The first-order valence-corrected chi connectivity index (χ1v) is 3.62. The van der Waals surface area contributed by atoms with Crippen LogP contribution >= 0.6 is 0 Å². The molecule has 54 valence electrons. The van der Waals surface area contributed by atoms with Gasteiger partial charge >= 0.3 is 0 Å². The summed E-state index contributed by atoms with van der Waals surface area (Å²) in [6, 6.07) is 0.615. The molecule has 0 aromatic carbocycles. The maximum absolute atomic E-state index is 5.39. The third kappa shape index (κ3) is 2.30. The number of hydrazine groups is 1. The third-order valence-corrected chi connectivity index (χ3v) is 1.68. The van der Waals surface area contributed by atoms with E-state index in [9.17, 15) is 0 Å². The predicted octanol–water partition coefficient (Wildman–Crippen LogP) is -0.408. The van der Waals surface area contributed by atoms with Crippen LogP contribution in [0.5, 0.6) is 0 Å². The molecule has 1 fully saturated rings. The lowest BCUT2D eigenvalue weighted by molar-refractivity contribution is 0.332. The van der Waals surface area contributed by atoms with Crippen molar-refractivity contribution in [2.24, 2.45) is 5.73 Å². The first-order valence-electron chi connectivity index (χ1n) is 3.62. The molecule has 0 aromatic rings. The number of rotatable bonds is 2. The van der Waals surface area contributed by atoms with Crippen LogP contribution in [-0.4, -0.2) is 19.1 Å². The molecule has 1 unspecified atom stereocenters. The van der Waals surface area contributed by atoms with Crippen LogP contribution in [-0.2, 0) is 0 Å². The molecule has 0 radical (unpaired) electrons. The highest BCUT2D eigenvalue weighted by Crippen LogP contribution is 2.02. The molecular weight excluding hydrogens is 114 g/mol. The van der Waals surface area contributed by atoms with Gasteiger partial charge in [0.25, 0.3) is 0 Å². The first-order chi connectivity index (χ1) is 4.43. The monoisotopic (exact) mass is 129 g/mol. The quantitative estimate of drug-likeness (QED) is 0.475. The Morgan fingerprint density at radius 3 is 3.00 bits per heavy atom. The van der Waals surface area contributed by atoms with Crippen molar-refractivity contribution in [1.29, 1.82) is 0 Å². The molecule has 1 aliphatic heterocycles. The fourth-order valence-corrected chi connectivity index (χ4v) is 1.14. The van der Waals surface area contributed by atoms with Crippen LogP contribution in [0.1, 0.15) is 19.3 Å². The molecule has 0 bridgehead atoms. The Morgan fingerprint density at radius 1 is 1.56 bits per heavy atom. The van der Waals surface area contributed by atoms with E-state index >= 15 is 0 Å². The highest BCUT2D eigenvalue weighted by molar-refractivity contribution is 4.69. The van der Waals surface area contributed by atoms with Crippen LogP contribution in [0.3, 0.4) is 0 Å². The largest absolute Gasteiger partial charge is 0.330 e. The van der Waals surface area contributed by atoms with Gasteiger partial charge in [0.05, 0.1) is 0 Å². The molecule has 0 aromatic heterocycles. The van der Waals surface area contributed by atoms with Gasteiger partial charge in [0.2, 0.25) is 0 Å². The molecule has 0 spiro atoms. The van der Waals surface area contributed by atoms with Crippen molar-refractivity contribution >= 4 is 0 Å². The third-order valence-electron chi connectivity index (χ3n) is 1.68. The summed E-state index contributed by atoms with van der Waals surface area (Å²) >= 11 is 0. The van der Waals surface area contributed by atoms with E-state index in [2.05, 4.69) is 10.9 Å². The minimum Gasteiger partial charge on any atom is -0.330 e. The topological polar surface area (TPSA) is 50.1 Å². The lowest BCUT2D eigenvalue weighted by atomic mass is 10.1. The van der Waals surface area contributed by atoms with Crippen molar-refractivity contribution < 1.29 is 0 Å². The van der Waals surface area contributed by atoms with Gasteiger partial charge in [-0.2, -0.15) is 0 Å². The molecule has 1 heterocycles. The Labute approximate surface area is 56.0 Å². The second kappa shape index (κ2) is 3.82. The molecule has 1 rings (SSSR count). The summed E-state index contributed by atoms with van der Waals surface area (Å²) < 4.78 is 0. The van der Waals surface area contributed by atoms with Gasteiger partial charge in [-0.05, 0) is 25.8 Å². The number of hydrogen-bond donors (Lipinski definition) is 3. The van der Waals surface area contributed by atoms with Crippen LogP contribution in [0.15, 0.2) is 0 Å². The molecule has 0 aliphatic carbocycles. The van der Waals surface area contributed by atoms with Gasteiger partial charge in [0.1, 0.15) is 0 Å². The van der Waals surface area contributed by atoms with Gasteiger partial charge in [-0.1, -0.05) is 0 Å². The summed E-state index contributed by atoms with van der Waals surface area (Å²) in [5.41, 5.74) is 11.7. The summed E-state index contributed by atoms with van der Waals surface area (Å²) in [5.74, 6) is 0. The molecule has 1 atom stereocenters. The summed E-state index contributed by atoms with van der Waals surface area (Å²) in [7, 11) is 0. The van der Waals surface area contributed by atoms with Gasteiger partial charge in [-0.3, -0.25) is 10.9 Å². The van der Waals surface area contributed by atoms with E-state index in [0.717, 1.165) is 19.5 Å². The fourth-order valence-electron chi connectivity index (χ4n) is 1.14. The molecule has 0 saturated carbocycles. The van der Waals surface area contributed by atoms with Gasteiger partial charge in [-0.15, -0.1) is 0 Å². The highest BCUT2D eigenvalue weighted by Gasteiger charge is 2.09. The molecule has 9 heavy (non-hydrogen) atoms. The minimum atomic E-state index is 0.615. The Balaban J connectivity index is 2.08. The zero-order chi connectivity index (χ0) is 6.53. The van der Waals surface area contributed by atoms with Crippen LogP contribution in [0.4, 0.5) is 0 Å². The molecule has 1 saturated heterocycles. The molecule has 3 nitrogen and oxygen atoms in total. The maximum atomic E-state index is 5.39. The van der Waals surface area contributed by atoms with Crippen molar-refractivity contribution in [3.05, 3.63) is 0 Å². The van der Waals surface area contributed by atoms with E-state index in [1.165, 1.54) is 12.8 Å². The smallest absolute Gasteiger partial charge is 0.0225 e.